The number of carbonyl (C=O) groups excluding carboxylic acids is 1. The van der Waals surface area contributed by atoms with Crippen molar-refractivity contribution in [2.24, 2.45) is 0 Å². The Balaban J connectivity index is 1.51. The lowest BCUT2D eigenvalue weighted by Crippen LogP contribution is -2.21. The SMILES string of the molecule is CCn1cc(C2CC2c2c(C(=O)O)cnn2-c2cccc(-c3cccc(C(=O)N(C)C)c3)c2)nn1. The summed E-state index contributed by atoms with van der Waals surface area (Å²) >= 11 is 0. The number of carbonyl (C=O) groups is 2. The first-order valence-electron chi connectivity index (χ1n) is 11.5. The Morgan fingerprint density at radius 2 is 1.83 bits per heavy atom. The van der Waals surface area contributed by atoms with E-state index in [0.29, 0.717) is 11.3 Å². The number of carboxylic acids is 1. The standard InChI is InChI=1S/C26H26N6O3/c1-4-31-15-23(28-29-31)20-13-21(20)24-22(26(34)35)14-27-32(24)19-10-6-8-17(12-19)16-7-5-9-18(11-16)25(33)30(2)3/h5-12,14-15,20-21H,4,13H2,1-3H3,(H,34,35). The number of amides is 1. The van der Waals surface area contributed by atoms with Crippen molar-refractivity contribution in [1.29, 1.82) is 0 Å². The van der Waals surface area contributed by atoms with Gasteiger partial charge in [0.15, 0.2) is 0 Å². The molecule has 1 fully saturated rings. The van der Waals surface area contributed by atoms with Crippen LogP contribution in [0.25, 0.3) is 16.8 Å². The van der Waals surface area contributed by atoms with Crippen LogP contribution < -0.4 is 0 Å². The summed E-state index contributed by atoms with van der Waals surface area (Å²) < 4.78 is 3.50. The summed E-state index contributed by atoms with van der Waals surface area (Å²) in [4.78, 5) is 26.0. The van der Waals surface area contributed by atoms with Gasteiger partial charge in [0.2, 0.25) is 0 Å². The van der Waals surface area contributed by atoms with Gasteiger partial charge < -0.3 is 10.0 Å². The average molecular weight is 471 g/mol. The highest BCUT2D eigenvalue weighted by Gasteiger charge is 2.46. The zero-order valence-corrected chi connectivity index (χ0v) is 19.8. The Bertz CT molecular complexity index is 1420. The van der Waals surface area contributed by atoms with E-state index in [-0.39, 0.29) is 23.3 Å². The topological polar surface area (TPSA) is 106 Å². The molecule has 1 N–H and O–H groups in total. The summed E-state index contributed by atoms with van der Waals surface area (Å²) in [6.07, 6.45) is 4.14. The lowest BCUT2D eigenvalue weighted by Gasteiger charge is -2.13. The molecule has 0 bridgehead atoms. The monoisotopic (exact) mass is 470 g/mol. The third-order valence-electron chi connectivity index (χ3n) is 6.38. The van der Waals surface area contributed by atoms with Crippen molar-refractivity contribution < 1.29 is 14.7 Å². The fourth-order valence-electron chi connectivity index (χ4n) is 4.45. The predicted octanol–water partition coefficient (Wildman–Crippen LogP) is 3.82. The van der Waals surface area contributed by atoms with E-state index in [4.69, 9.17) is 0 Å². The zero-order valence-electron chi connectivity index (χ0n) is 19.8. The summed E-state index contributed by atoms with van der Waals surface area (Å²) in [5.41, 5.74) is 4.91. The minimum absolute atomic E-state index is 0.00435. The van der Waals surface area contributed by atoms with Crippen molar-refractivity contribution in [3.05, 3.63) is 83.4 Å². The largest absolute Gasteiger partial charge is 0.478 e. The molecule has 1 aliphatic rings. The van der Waals surface area contributed by atoms with E-state index < -0.39 is 5.97 Å². The second-order valence-electron chi connectivity index (χ2n) is 8.94. The number of hydrogen-bond acceptors (Lipinski definition) is 5. The molecular formula is C26H26N6O3. The molecule has 9 heteroatoms. The first kappa shape index (κ1) is 22.5. The Morgan fingerprint density at radius 1 is 1.09 bits per heavy atom. The van der Waals surface area contributed by atoms with Gasteiger partial charge in [-0.1, -0.05) is 29.5 Å². The number of aromatic carboxylic acids is 1. The van der Waals surface area contributed by atoms with Gasteiger partial charge in [0.25, 0.3) is 5.91 Å². The van der Waals surface area contributed by atoms with Crippen LogP contribution in [-0.2, 0) is 6.54 Å². The molecule has 2 atom stereocenters. The molecule has 35 heavy (non-hydrogen) atoms. The van der Waals surface area contributed by atoms with Gasteiger partial charge in [0, 0.05) is 44.2 Å². The van der Waals surface area contributed by atoms with Crippen LogP contribution >= 0.6 is 0 Å². The number of hydrogen-bond donors (Lipinski definition) is 1. The zero-order chi connectivity index (χ0) is 24.7. The Kier molecular flexibility index (Phi) is 5.68. The first-order valence-corrected chi connectivity index (χ1v) is 11.5. The summed E-state index contributed by atoms with van der Waals surface area (Å²) in [5, 5.41) is 22.7. The van der Waals surface area contributed by atoms with E-state index in [2.05, 4.69) is 15.4 Å². The maximum absolute atomic E-state index is 12.4. The van der Waals surface area contributed by atoms with Crippen LogP contribution in [0.2, 0.25) is 0 Å². The van der Waals surface area contributed by atoms with Crippen LogP contribution in [0.15, 0.2) is 60.9 Å². The maximum atomic E-state index is 12.4. The third kappa shape index (κ3) is 4.21. The van der Waals surface area contributed by atoms with Crippen molar-refractivity contribution in [3.63, 3.8) is 0 Å². The minimum atomic E-state index is -1.000. The molecule has 4 aromatic rings. The van der Waals surface area contributed by atoms with Crippen LogP contribution in [0.4, 0.5) is 0 Å². The van der Waals surface area contributed by atoms with E-state index >= 15 is 0 Å². The van der Waals surface area contributed by atoms with Gasteiger partial charge in [-0.15, -0.1) is 5.10 Å². The molecule has 2 aromatic heterocycles. The van der Waals surface area contributed by atoms with Gasteiger partial charge in [-0.05, 0) is 48.7 Å². The van der Waals surface area contributed by atoms with Crippen LogP contribution in [0.5, 0.6) is 0 Å². The number of benzene rings is 2. The van der Waals surface area contributed by atoms with E-state index in [1.54, 1.807) is 34.4 Å². The highest BCUT2D eigenvalue weighted by atomic mass is 16.4. The quantitative estimate of drug-likeness (QED) is 0.440. The molecule has 1 aliphatic carbocycles. The smallest absolute Gasteiger partial charge is 0.339 e. The van der Waals surface area contributed by atoms with Crippen molar-refractivity contribution in [1.82, 2.24) is 29.7 Å². The van der Waals surface area contributed by atoms with Gasteiger partial charge >= 0.3 is 5.97 Å². The number of aryl methyl sites for hydroxylation is 1. The lowest BCUT2D eigenvalue weighted by molar-refractivity contribution is 0.0695. The Hall–Kier alpha value is -4.27. The highest BCUT2D eigenvalue weighted by molar-refractivity contribution is 5.95. The molecule has 2 aromatic carbocycles. The van der Waals surface area contributed by atoms with Crippen LogP contribution in [0.3, 0.4) is 0 Å². The molecule has 1 amide bonds. The van der Waals surface area contributed by atoms with Crippen LogP contribution in [0, 0.1) is 0 Å². The van der Waals surface area contributed by atoms with Gasteiger partial charge in [-0.25, -0.2) is 9.48 Å². The van der Waals surface area contributed by atoms with E-state index in [9.17, 15) is 14.7 Å². The fraction of sp³-hybridized carbons (Fsp3) is 0.269. The molecule has 2 heterocycles. The van der Waals surface area contributed by atoms with Gasteiger partial charge in [-0.2, -0.15) is 5.10 Å². The number of rotatable bonds is 7. The summed E-state index contributed by atoms with van der Waals surface area (Å²) in [6, 6.07) is 15.2. The number of nitrogens with zero attached hydrogens (tertiary/aromatic N) is 6. The van der Waals surface area contributed by atoms with Crippen molar-refractivity contribution in [2.75, 3.05) is 14.1 Å². The second kappa shape index (κ2) is 8.83. The van der Waals surface area contributed by atoms with Crippen molar-refractivity contribution in [2.45, 2.75) is 31.7 Å². The first-order chi connectivity index (χ1) is 16.9. The summed E-state index contributed by atoms with van der Waals surface area (Å²) in [6.45, 7) is 2.73. The number of aromatic nitrogens is 5. The van der Waals surface area contributed by atoms with Crippen LogP contribution in [0.1, 0.15) is 57.3 Å². The van der Waals surface area contributed by atoms with Crippen LogP contribution in [-0.4, -0.2) is 60.8 Å². The second-order valence-corrected chi connectivity index (χ2v) is 8.94. The normalized spacial score (nSPS) is 16.8. The Morgan fingerprint density at radius 3 is 2.51 bits per heavy atom. The molecule has 5 rings (SSSR count). The highest BCUT2D eigenvalue weighted by Crippen LogP contribution is 2.55. The number of carboxylic acid groups (broad SMARTS) is 1. The molecule has 0 saturated heterocycles. The van der Waals surface area contributed by atoms with Gasteiger partial charge in [0.1, 0.15) is 5.56 Å². The average Bonchev–Trinajstić information content (AvgIpc) is 3.29. The molecule has 0 aliphatic heterocycles. The van der Waals surface area contributed by atoms with E-state index in [1.807, 2.05) is 55.6 Å². The molecule has 2 unspecified atom stereocenters. The van der Waals surface area contributed by atoms with Gasteiger partial charge in [-0.3, -0.25) is 9.48 Å². The minimum Gasteiger partial charge on any atom is -0.478 e. The maximum Gasteiger partial charge on any atom is 0.339 e. The van der Waals surface area contributed by atoms with Crippen molar-refractivity contribution in [3.8, 4) is 16.8 Å². The third-order valence-corrected chi connectivity index (χ3v) is 6.38. The Labute approximate surface area is 202 Å². The summed E-state index contributed by atoms with van der Waals surface area (Å²) in [7, 11) is 3.45. The van der Waals surface area contributed by atoms with Gasteiger partial charge in [0.05, 0.1) is 23.3 Å². The van der Waals surface area contributed by atoms with E-state index in [1.165, 1.54) is 6.20 Å². The molecule has 0 spiro atoms. The lowest BCUT2D eigenvalue weighted by atomic mass is 10.0. The molecule has 0 radical (unpaired) electrons. The predicted molar refractivity (Wildman–Crippen MR) is 130 cm³/mol. The molecule has 178 valence electrons. The van der Waals surface area contributed by atoms with Crippen molar-refractivity contribution >= 4 is 11.9 Å². The summed E-state index contributed by atoms with van der Waals surface area (Å²) in [5.74, 6) is -0.959. The molecule has 1 saturated carbocycles. The fourth-order valence-corrected chi connectivity index (χ4v) is 4.45. The molecule has 9 nitrogen and oxygen atoms in total. The molecular weight excluding hydrogens is 444 g/mol. The van der Waals surface area contributed by atoms with E-state index in [0.717, 1.165) is 35.5 Å².